The van der Waals surface area contributed by atoms with Gasteiger partial charge in [0.2, 0.25) is 5.88 Å². The average molecular weight is 348 g/mol. The van der Waals surface area contributed by atoms with Crippen molar-refractivity contribution in [2.45, 2.75) is 0 Å². The van der Waals surface area contributed by atoms with E-state index in [9.17, 15) is 9.18 Å². The summed E-state index contributed by atoms with van der Waals surface area (Å²) in [5.41, 5.74) is 1.51. The number of ketones is 1. The molecule has 6 heteroatoms. The number of halogens is 1. The van der Waals surface area contributed by atoms with Crippen molar-refractivity contribution in [3.05, 3.63) is 83.6 Å². The highest BCUT2D eigenvalue weighted by Gasteiger charge is 2.25. The van der Waals surface area contributed by atoms with Crippen LogP contribution < -0.4 is 9.47 Å². The number of rotatable bonds is 3. The van der Waals surface area contributed by atoms with Gasteiger partial charge in [-0.15, -0.1) is 0 Å². The fourth-order valence-electron chi connectivity index (χ4n) is 2.62. The van der Waals surface area contributed by atoms with E-state index in [4.69, 9.17) is 9.47 Å². The number of carbonyl (C=O) groups excluding carboxylic acids is 1. The number of carbonyl (C=O) groups is 1. The molecular formula is C20H13FN2O3. The Kier molecular flexibility index (Phi) is 4.15. The Bertz CT molecular complexity index is 986. The highest BCUT2D eigenvalue weighted by Crippen LogP contribution is 2.30. The molecule has 0 saturated carbocycles. The summed E-state index contributed by atoms with van der Waals surface area (Å²) >= 11 is 0. The Morgan fingerprint density at radius 2 is 1.96 bits per heavy atom. The molecule has 2 heterocycles. The second kappa shape index (κ2) is 6.76. The minimum atomic E-state index is -0.527. The zero-order valence-corrected chi connectivity index (χ0v) is 13.6. The van der Waals surface area contributed by atoms with Crippen molar-refractivity contribution in [3.63, 3.8) is 0 Å². The van der Waals surface area contributed by atoms with Gasteiger partial charge >= 0.3 is 0 Å². The smallest absolute Gasteiger partial charge is 0.237 e. The molecule has 0 radical (unpaired) electrons. The molecule has 4 rings (SSSR count). The average Bonchev–Trinajstić information content (AvgIpc) is 2.67. The Labute approximate surface area is 148 Å². The van der Waals surface area contributed by atoms with Crippen molar-refractivity contribution in [1.82, 2.24) is 9.97 Å². The number of para-hydroxylation sites is 1. The van der Waals surface area contributed by atoms with Crippen LogP contribution >= 0.6 is 0 Å². The minimum Gasteiger partial charge on any atom is -0.485 e. The van der Waals surface area contributed by atoms with Crippen LogP contribution in [0.5, 0.6) is 17.4 Å². The van der Waals surface area contributed by atoms with E-state index in [0.717, 1.165) is 5.56 Å². The maximum atomic E-state index is 13.7. The number of Topliss-reactive ketones (excluding diaryl/α,β-unsaturated/α-hetero) is 1. The van der Waals surface area contributed by atoms with Gasteiger partial charge in [0.15, 0.2) is 17.3 Å². The minimum absolute atomic E-state index is 0.0161. The summed E-state index contributed by atoms with van der Waals surface area (Å²) in [6, 6.07) is 11.5. The number of nitrogens with zero attached hydrogens (tertiary/aromatic N) is 2. The monoisotopic (exact) mass is 348 g/mol. The summed E-state index contributed by atoms with van der Waals surface area (Å²) in [4.78, 5) is 20.5. The lowest BCUT2D eigenvalue weighted by atomic mass is 9.98. The van der Waals surface area contributed by atoms with Crippen molar-refractivity contribution in [2.75, 3.05) is 6.61 Å². The summed E-state index contributed by atoms with van der Waals surface area (Å²) in [6.45, 7) is 0.0324. The second-order valence-electron chi connectivity index (χ2n) is 5.62. The highest BCUT2D eigenvalue weighted by atomic mass is 19.1. The van der Waals surface area contributed by atoms with Crippen molar-refractivity contribution < 1.29 is 18.7 Å². The second-order valence-corrected chi connectivity index (χ2v) is 5.62. The van der Waals surface area contributed by atoms with E-state index in [1.54, 1.807) is 36.7 Å². The molecule has 0 fully saturated rings. The molecule has 0 saturated heterocycles. The predicted molar refractivity (Wildman–Crippen MR) is 92.8 cm³/mol. The topological polar surface area (TPSA) is 61.3 Å². The van der Waals surface area contributed by atoms with Gasteiger partial charge < -0.3 is 9.47 Å². The summed E-state index contributed by atoms with van der Waals surface area (Å²) in [7, 11) is 0. The van der Waals surface area contributed by atoms with E-state index in [-0.39, 0.29) is 23.7 Å². The summed E-state index contributed by atoms with van der Waals surface area (Å²) in [6.07, 6.45) is 6.35. The molecule has 0 aliphatic carbocycles. The van der Waals surface area contributed by atoms with Gasteiger partial charge in [-0.25, -0.2) is 9.37 Å². The fraction of sp³-hybridized carbons (Fsp3) is 0.0500. The highest BCUT2D eigenvalue weighted by molar-refractivity contribution is 6.14. The van der Waals surface area contributed by atoms with E-state index in [0.29, 0.717) is 17.2 Å². The Morgan fingerprint density at radius 3 is 2.73 bits per heavy atom. The van der Waals surface area contributed by atoms with E-state index in [2.05, 4.69) is 9.97 Å². The molecule has 0 atom stereocenters. The standard InChI is InChI=1S/C20H13FN2O3/c21-17-3-1-2-16-19(24)14(12-25-20(16)17)10-13-4-6-15(7-5-13)26-18-11-22-8-9-23-18/h1-11H,12H2/b14-10+. The number of fused-ring (bicyclic) bond motifs is 1. The van der Waals surface area contributed by atoms with Gasteiger partial charge in [-0.3, -0.25) is 9.78 Å². The molecule has 0 spiro atoms. The first kappa shape index (κ1) is 16.0. The number of hydrogen-bond acceptors (Lipinski definition) is 5. The number of ether oxygens (including phenoxy) is 2. The lowest BCUT2D eigenvalue weighted by Gasteiger charge is -2.19. The van der Waals surface area contributed by atoms with Crippen LogP contribution in [-0.2, 0) is 0 Å². The Hall–Kier alpha value is -3.54. The zero-order valence-electron chi connectivity index (χ0n) is 13.6. The van der Waals surface area contributed by atoms with E-state index >= 15 is 0 Å². The van der Waals surface area contributed by atoms with Crippen molar-refractivity contribution >= 4 is 11.9 Å². The molecule has 0 unspecified atom stereocenters. The van der Waals surface area contributed by atoms with Crippen LogP contribution in [0.4, 0.5) is 4.39 Å². The Morgan fingerprint density at radius 1 is 1.12 bits per heavy atom. The van der Waals surface area contributed by atoms with E-state index in [1.807, 2.05) is 12.1 Å². The zero-order chi connectivity index (χ0) is 17.9. The quantitative estimate of drug-likeness (QED) is 0.668. The first-order valence-electron chi connectivity index (χ1n) is 7.91. The van der Waals surface area contributed by atoms with Crippen LogP contribution in [0.3, 0.4) is 0 Å². The van der Waals surface area contributed by atoms with Crippen LogP contribution in [0.2, 0.25) is 0 Å². The molecule has 0 N–H and O–H groups in total. The van der Waals surface area contributed by atoms with Gasteiger partial charge in [-0.2, -0.15) is 0 Å². The molecule has 1 aliphatic rings. The lowest BCUT2D eigenvalue weighted by molar-refractivity contribution is 0.0998. The fourth-order valence-corrected chi connectivity index (χ4v) is 2.62. The lowest BCUT2D eigenvalue weighted by Crippen LogP contribution is -2.19. The first-order valence-corrected chi connectivity index (χ1v) is 7.91. The summed E-state index contributed by atoms with van der Waals surface area (Å²) in [5.74, 6) is 0.257. The number of benzene rings is 2. The van der Waals surface area contributed by atoms with E-state index < -0.39 is 5.82 Å². The van der Waals surface area contributed by atoms with Gasteiger partial charge in [0.05, 0.1) is 11.8 Å². The molecule has 128 valence electrons. The summed E-state index contributed by atoms with van der Waals surface area (Å²) in [5, 5.41) is 0. The third-order valence-corrected chi connectivity index (χ3v) is 3.86. The van der Waals surface area contributed by atoms with Crippen LogP contribution in [-0.4, -0.2) is 22.4 Å². The molecule has 26 heavy (non-hydrogen) atoms. The van der Waals surface area contributed by atoms with Gasteiger partial charge in [-0.05, 0) is 35.9 Å². The van der Waals surface area contributed by atoms with Gasteiger partial charge in [0.1, 0.15) is 12.4 Å². The third-order valence-electron chi connectivity index (χ3n) is 3.86. The van der Waals surface area contributed by atoms with Crippen molar-refractivity contribution in [2.24, 2.45) is 0 Å². The molecule has 0 bridgehead atoms. The van der Waals surface area contributed by atoms with Crippen LogP contribution in [0, 0.1) is 5.82 Å². The molecule has 5 nitrogen and oxygen atoms in total. The molecule has 3 aromatic rings. The number of hydrogen-bond donors (Lipinski definition) is 0. The van der Waals surface area contributed by atoms with Crippen LogP contribution in [0.25, 0.3) is 6.08 Å². The number of aromatic nitrogens is 2. The summed E-state index contributed by atoms with van der Waals surface area (Å²) < 4.78 is 24.7. The molecule has 0 amide bonds. The van der Waals surface area contributed by atoms with Gasteiger partial charge in [0.25, 0.3) is 0 Å². The van der Waals surface area contributed by atoms with E-state index in [1.165, 1.54) is 18.3 Å². The van der Waals surface area contributed by atoms with Gasteiger partial charge in [0, 0.05) is 18.0 Å². The normalized spacial score (nSPS) is 14.7. The maximum absolute atomic E-state index is 13.7. The maximum Gasteiger partial charge on any atom is 0.237 e. The molecule has 1 aliphatic heterocycles. The van der Waals surface area contributed by atoms with Crippen molar-refractivity contribution in [1.29, 1.82) is 0 Å². The SMILES string of the molecule is O=C1/C(=C/c2ccc(Oc3cnccn3)cc2)COc2c(F)cccc21. The predicted octanol–water partition coefficient (Wildman–Crippen LogP) is 4.07. The first-order chi connectivity index (χ1) is 12.7. The largest absolute Gasteiger partial charge is 0.485 e. The third kappa shape index (κ3) is 3.17. The Balaban J connectivity index is 1.54. The van der Waals surface area contributed by atoms with Crippen molar-refractivity contribution in [3.8, 4) is 17.4 Å². The van der Waals surface area contributed by atoms with Crippen LogP contribution in [0.15, 0.2) is 66.6 Å². The molecular weight excluding hydrogens is 335 g/mol. The molecule has 1 aromatic heterocycles. The van der Waals surface area contributed by atoms with Gasteiger partial charge in [-0.1, -0.05) is 18.2 Å². The molecule has 2 aromatic carbocycles. The van der Waals surface area contributed by atoms with Crippen LogP contribution in [0.1, 0.15) is 15.9 Å².